The van der Waals surface area contributed by atoms with Gasteiger partial charge in [0.15, 0.2) is 5.43 Å². The molecule has 0 N–H and O–H groups in total. The van der Waals surface area contributed by atoms with Gasteiger partial charge in [0.25, 0.3) is 0 Å². The average Bonchev–Trinajstić information content (AvgIpc) is 2.36. The SMILES string of the molecule is CCc1cc(=O)c2c(OC)cc(OC)cc2o1. The zero-order valence-electron chi connectivity index (χ0n) is 10.1. The highest BCUT2D eigenvalue weighted by Gasteiger charge is 2.11. The van der Waals surface area contributed by atoms with Gasteiger partial charge < -0.3 is 13.9 Å². The van der Waals surface area contributed by atoms with Crippen LogP contribution in [-0.2, 0) is 6.42 Å². The van der Waals surface area contributed by atoms with Crippen LogP contribution in [0.2, 0.25) is 0 Å². The fourth-order valence-electron chi connectivity index (χ4n) is 1.73. The third-order valence-electron chi connectivity index (χ3n) is 2.62. The smallest absolute Gasteiger partial charge is 0.196 e. The molecule has 0 saturated heterocycles. The Morgan fingerprint density at radius 2 is 1.94 bits per heavy atom. The van der Waals surface area contributed by atoms with E-state index >= 15 is 0 Å². The summed E-state index contributed by atoms with van der Waals surface area (Å²) in [7, 11) is 3.07. The predicted molar refractivity (Wildman–Crippen MR) is 65.0 cm³/mol. The van der Waals surface area contributed by atoms with Gasteiger partial charge in [0, 0.05) is 24.6 Å². The van der Waals surface area contributed by atoms with Crippen molar-refractivity contribution in [1.29, 1.82) is 0 Å². The number of rotatable bonds is 3. The van der Waals surface area contributed by atoms with Gasteiger partial charge in [0.2, 0.25) is 0 Å². The summed E-state index contributed by atoms with van der Waals surface area (Å²) in [5.74, 6) is 1.72. The Balaban J connectivity index is 2.84. The van der Waals surface area contributed by atoms with Gasteiger partial charge in [-0.15, -0.1) is 0 Å². The van der Waals surface area contributed by atoms with E-state index in [4.69, 9.17) is 13.9 Å². The second-order valence-electron chi connectivity index (χ2n) is 3.63. The Morgan fingerprint density at radius 1 is 1.18 bits per heavy atom. The largest absolute Gasteiger partial charge is 0.496 e. The molecule has 4 heteroatoms. The summed E-state index contributed by atoms with van der Waals surface area (Å²) in [4.78, 5) is 12.0. The zero-order valence-corrected chi connectivity index (χ0v) is 10.1. The van der Waals surface area contributed by atoms with Crippen LogP contribution in [-0.4, -0.2) is 14.2 Å². The molecule has 0 unspecified atom stereocenters. The van der Waals surface area contributed by atoms with E-state index in [0.29, 0.717) is 34.6 Å². The first-order chi connectivity index (χ1) is 8.19. The fraction of sp³-hybridized carbons (Fsp3) is 0.308. The van der Waals surface area contributed by atoms with Crippen LogP contribution in [0.25, 0.3) is 11.0 Å². The monoisotopic (exact) mass is 234 g/mol. The third-order valence-corrected chi connectivity index (χ3v) is 2.62. The lowest BCUT2D eigenvalue weighted by Crippen LogP contribution is -2.04. The van der Waals surface area contributed by atoms with Gasteiger partial charge in [0.05, 0.1) is 14.2 Å². The van der Waals surface area contributed by atoms with Crippen LogP contribution in [0.1, 0.15) is 12.7 Å². The Hall–Kier alpha value is -1.97. The summed E-state index contributed by atoms with van der Waals surface area (Å²) < 4.78 is 15.9. The molecule has 1 aromatic heterocycles. The maximum Gasteiger partial charge on any atom is 0.196 e. The lowest BCUT2D eigenvalue weighted by atomic mass is 10.2. The fourth-order valence-corrected chi connectivity index (χ4v) is 1.73. The number of hydrogen-bond donors (Lipinski definition) is 0. The van der Waals surface area contributed by atoms with Gasteiger partial charge in [-0.3, -0.25) is 4.79 Å². The van der Waals surface area contributed by atoms with Gasteiger partial charge in [0.1, 0.15) is 28.2 Å². The van der Waals surface area contributed by atoms with E-state index < -0.39 is 0 Å². The quantitative estimate of drug-likeness (QED) is 0.818. The lowest BCUT2D eigenvalue weighted by molar-refractivity contribution is 0.395. The van der Waals surface area contributed by atoms with Crippen molar-refractivity contribution >= 4 is 11.0 Å². The van der Waals surface area contributed by atoms with E-state index in [1.807, 2.05) is 6.92 Å². The van der Waals surface area contributed by atoms with Crippen molar-refractivity contribution in [3.05, 3.63) is 34.2 Å². The van der Waals surface area contributed by atoms with Crippen LogP contribution in [0.3, 0.4) is 0 Å². The van der Waals surface area contributed by atoms with E-state index in [0.717, 1.165) is 0 Å². The van der Waals surface area contributed by atoms with Gasteiger partial charge in [-0.05, 0) is 0 Å². The molecular weight excluding hydrogens is 220 g/mol. The second kappa shape index (κ2) is 4.49. The molecule has 90 valence electrons. The average molecular weight is 234 g/mol. The highest BCUT2D eigenvalue weighted by Crippen LogP contribution is 2.29. The van der Waals surface area contributed by atoms with E-state index in [1.165, 1.54) is 13.2 Å². The van der Waals surface area contributed by atoms with Gasteiger partial charge >= 0.3 is 0 Å². The minimum Gasteiger partial charge on any atom is -0.496 e. The summed E-state index contributed by atoms with van der Waals surface area (Å²) in [6.45, 7) is 1.93. The molecule has 2 aromatic rings. The highest BCUT2D eigenvalue weighted by molar-refractivity contribution is 5.85. The van der Waals surface area contributed by atoms with Crippen LogP contribution < -0.4 is 14.9 Å². The summed E-state index contributed by atoms with van der Waals surface area (Å²) in [5, 5.41) is 0.450. The molecule has 0 fully saturated rings. The van der Waals surface area contributed by atoms with Gasteiger partial charge in [-0.1, -0.05) is 6.92 Å². The lowest BCUT2D eigenvalue weighted by Gasteiger charge is -2.08. The van der Waals surface area contributed by atoms with Crippen molar-refractivity contribution in [2.75, 3.05) is 14.2 Å². The molecule has 2 rings (SSSR count). The minimum atomic E-state index is -0.0948. The first-order valence-electron chi connectivity index (χ1n) is 5.38. The van der Waals surface area contributed by atoms with Gasteiger partial charge in [-0.2, -0.15) is 0 Å². The first-order valence-corrected chi connectivity index (χ1v) is 5.38. The molecule has 1 heterocycles. The molecule has 0 radical (unpaired) electrons. The van der Waals surface area contributed by atoms with Crippen LogP contribution in [0, 0.1) is 0 Å². The number of hydrogen-bond acceptors (Lipinski definition) is 4. The number of ether oxygens (including phenoxy) is 2. The maximum atomic E-state index is 12.0. The zero-order chi connectivity index (χ0) is 12.4. The van der Waals surface area contributed by atoms with Crippen molar-refractivity contribution in [2.45, 2.75) is 13.3 Å². The van der Waals surface area contributed by atoms with E-state index in [1.54, 1.807) is 19.2 Å². The molecule has 0 spiro atoms. The number of fused-ring (bicyclic) bond motifs is 1. The molecule has 0 bridgehead atoms. The normalized spacial score (nSPS) is 10.5. The maximum absolute atomic E-state index is 12.0. The molecule has 4 nitrogen and oxygen atoms in total. The highest BCUT2D eigenvalue weighted by atomic mass is 16.5. The van der Waals surface area contributed by atoms with Crippen molar-refractivity contribution in [3.63, 3.8) is 0 Å². The van der Waals surface area contributed by atoms with Crippen molar-refractivity contribution in [3.8, 4) is 11.5 Å². The number of methoxy groups -OCH3 is 2. The first kappa shape index (κ1) is 11.5. The Labute approximate surface area is 98.8 Å². The summed E-state index contributed by atoms with van der Waals surface area (Å²) in [5.41, 5.74) is 0.396. The molecule has 0 atom stereocenters. The molecule has 17 heavy (non-hydrogen) atoms. The standard InChI is InChI=1S/C13H14O4/c1-4-8-5-10(14)13-11(16-3)6-9(15-2)7-12(13)17-8/h5-7H,4H2,1-3H3. The summed E-state index contributed by atoms with van der Waals surface area (Å²) >= 11 is 0. The van der Waals surface area contributed by atoms with Crippen molar-refractivity contribution < 1.29 is 13.9 Å². The molecule has 1 aromatic carbocycles. The minimum absolute atomic E-state index is 0.0948. The molecule has 0 aliphatic carbocycles. The summed E-state index contributed by atoms with van der Waals surface area (Å²) in [6.07, 6.45) is 0.671. The summed E-state index contributed by atoms with van der Waals surface area (Å²) in [6, 6.07) is 4.86. The molecule has 0 aliphatic rings. The predicted octanol–water partition coefficient (Wildman–Crippen LogP) is 2.37. The van der Waals surface area contributed by atoms with Crippen LogP contribution in [0.5, 0.6) is 11.5 Å². The van der Waals surface area contributed by atoms with E-state index in [9.17, 15) is 4.79 Å². The van der Waals surface area contributed by atoms with Crippen molar-refractivity contribution in [2.24, 2.45) is 0 Å². The Kier molecular flexibility index (Phi) is 3.04. The Bertz CT molecular complexity index is 593. The molecular formula is C13H14O4. The van der Waals surface area contributed by atoms with E-state index in [-0.39, 0.29) is 5.43 Å². The topological polar surface area (TPSA) is 48.7 Å². The van der Waals surface area contributed by atoms with E-state index in [2.05, 4.69) is 0 Å². The van der Waals surface area contributed by atoms with Crippen LogP contribution in [0.4, 0.5) is 0 Å². The molecule has 0 aliphatic heterocycles. The second-order valence-corrected chi connectivity index (χ2v) is 3.63. The van der Waals surface area contributed by atoms with Crippen LogP contribution in [0.15, 0.2) is 27.4 Å². The molecule has 0 amide bonds. The van der Waals surface area contributed by atoms with Crippen molar-refractivity contribution in [1.82, 2.24) is 0 Å². The number of benzene rings is 1. The van der Waals surface area contributed by atoms with Crippen LogP contribution >= 0.6 is 0 Å². The Morgan fingerprint density at radius 3 is 2.53 bits per heavy atom. The number of aryl methyl sites for hydroxylation is 1. The third kappa shape index (κ3) is 1.98. The van der Waals surface area contributed by atoms with Gasteiger partial charge in [-0.25, -0.2) is 0 Å². The molecule has 0 saturated carbocycles.